The number of hydrogen-bond donors (Lipinski definition) is 1. The Morgan fingerprint density at radius 3 is 2.53 bits per heavy atom. The summed E-state index contributed by atoms with van der Waals surface area (Å²) < 4.78 is 26.6. The zero-order valence-electron chi connectivity index (χ0n) is 10.0. The van der Waals surface area contributed by atoms with E-state index in [1.165, 1.54) is 35.2 Å². The van der Waals surface area contributed by atoms with Gasteiger partial charge in [-0.25, -0.2) is 17.5 Å². The van der Waals surface area contributed by atoms with E-state index in [4.69, 9.17) is 5.11 Å². The molecule has 0 saturated carbocycles. The first-order chi connectivity index (χ1) is 7.80. The van der Waals surface area contributed by atoms with Gasteiger partial charge in [-0.15, -0.1) is 0 Å². The molecule has 0 bridgehead atoms. The molecule has 1 rings (SSSR count). The van der Waals surface area contributed by atoms with Crippen molar-refractivity contribution in [2.45, 2.75) is 18.2 Å². The number of rotatable bonds is 5. The minimum Gasteiger partial charge on any atom is -0.477 e. The number of sulfonamides is 1. The van der Waals surface area contributed by atoms with Crippen LogP contribution >= 0.6 is 0 Å². The van der Waals surface area contributed by atoms with Gasteiger partial charge in [0.25, 0.3) is 0 Å². The van der Waals surface area contributed by atoms with Crippen LogP contribution in [0.25, 0.3) is 0 Å². The monoisotopic (exact) mass is 260 g/mol. The molecule has 6 nitrogen and oxygen atoms in total. The largest absolute Gasteiger partial charge is 0.477 e. The molecule has 0 aromatic carbocycles. The first-order valence-corrected chi connectivity index (χ1v) is 6.60. The molecular formula is C10H16N2O4S. The van der Waals surface area contributed by atoms with Gasteiger partial charge in [-0.2, -0.15) is 0 Å². The molecule has 0 aliphatic carbocycles. The Labute approximate surface area is 101 Å². The second-order valence-corrected chi connectivity index (χ2v) is 5.85. The van der Waals surface area contributed by atoms with Crippen molar-refractivity contribution >= 4 is 16.0 Å². The van der Waals surface area contributed by atoms with Crippen molar-refractivity contribution in [3.8, 4) is 0 Å². The Hall–Kier alpha value is -1.34. The SMILES string of the molecule is CCCN(C)S(=O)(=O)c1cc(C(=O)O)n(C)c1. The summed E-state index contributed by atoms with van der Waals surface area (Å²) in [5.74, 6) is -1.15. The summed E-state index contributed by atoms with van der Waals surface area (Å²) in [5, 5.41) is 8.86. The van der Waals surface area contributed by atoms with Crippen molar-refractivity contribution in [2.75, 3.05) is 13.6 Å². The molecule has 0 saturated heterocycles. The van der Waals surface area contributed by atoms with Crippen molar-refractivity contribution in [3.63, 3.8) is 0 Å². The topological polar surface area (TPSA) is 79.6 Å². The molecule has 0 radical (unpaired) electrons. The van der Waals surface area contributed by atoms with Crippen LogP contribution in [0.1, 0.15) is 23.8 Å². The van der Waals surface area contributed by atoms with Gasteiger partial charge in [0.1, 0.15) is 10.6 Å². The molecule has 0 aliphatic rings. The molecule has 96 valence electrons. The molecule has 1 N–H and O–H groups in total. The van der Waals surface area contributed by atoms with E-state index in [0.29, 0.717) is 13.0 Å². The van der Waals surface area contributed by atoms with Crippen LogP contribution in [-0.2, 0) is 17.1 Å². The van der Waals surface area contributed by atoms with E-state index in [0.717, 1.165) is 0 Å². The van der Waals surface area contributed by atoms with Gasteiger partial charge in [0.15, 0.2) is 0 Å². The normalized spacial score (nSPS) is 12.0. The summed E-state index contributed by atoms with van der Waals surface area (Å²) in [6.45, 7) is 2.28. The first-order valence-electron chi connectivity index (χ1n) is 5.16. The third-order valence-electron chi connectivity index (χ3n) is 2.45. The van der Waals surface area contributed by atoms with Crippen molar-refractivity contribution in [2.24, 2.45) is 7.05 Å². The lowest BCUT2D eigenvalue weighted by molar-refractivity contribution is 0.0686. The van der Waals surface area contributed by atoms with Crippen molar-refractivity contribution in [1.29, 1.82) is 0 Å². The quantitative estimate of drug-likeness (QED) is 0.847. The lowest BCUT2D eigenvalue weighted by Crippen LogP contribution is -2.27. The Bertz CT molecular complexity index is 518. The fraction of sp³-hybridized carbons (Fsp3) is 0.500. The van der Waals surface area contributed by atoms with Crippen LogP contribution in [0.4, 0.5) is 0 Å². The van der Waals surface area contributed by atoms with Crippen LogP contribution in [0.15, 0.2) is 17.2 Å². The Morgan fingerprint density at radius 2 is 2.12 bits per heavy atom. The molecule has 7 heteroatoms. The van der Waals surface area contributed by atoms with Gasteiger partial charge in [-0.1, -0.05) is 6.92 Å². The maximum Gasteiger partial charge on any atom is 0.352 e. The van der Waals surface area contributed by atoms with E-state index in [-0.39, 0.29) is 10.6 Å². The molecule has 0 spiro atoms. The second kappa shape index (κ2) is 4.89. The summed E-state index contributed by atoms with van der Waals surface area (Å²) in [4.78, 5) is 10.8. The van der Waals surface area contributed by atoms with Gasteiger partial charge in [0.05, 0.1) is 0 Å². The van der Waals surface area contributed by atoms with E-state index >= 15 is 0 Å². The van der Waals surface area contributed by atoms with Gasteiger partial charge in [0.2, 0.25) is 10.0 Å². The molecule has 0 fully saturated rings. The van der Waals surface area contributed by atoms with Gasteiger partial charge >= 0.3 is 5.97 Å². The fourth-order valence-corrected chi connectivity index (χ4v) is 2.84. The molecule has 0 aliphatic heterocycles. The van der Waals surface area contributed by atoms with Crippen molar-refractivity contribution in [1.82, 2.24) is 8.87 Å². The third-order valence-corrected chi connectivity index (χ3v) is 4.27. The maximum absolute atomic E-state index is 12.0. The van der Waals surface area contributed by atoms with E-state index in [1.54, 1.807) is 0 Å². The number of aryl methyl sites for hydroxylation is 1. The summed E-state index contributed by atoms with van der Waals surface area (Å²) in [6.07, 6.45) is 2.01. The highest BCUT2D eigenvalue weighted by atomic mass is 32.2. The lowest BCUT2D eigenvalue weighted by Gasteiger charge is -2.14. The zero-order chi connectivity index (χ0) is 13.2. The number of carboxylic acid groups (broad SMARTS) is 1. The minimum atomic E-state index is -3.59. The van der Waals surface area contributed by atoms with Gasteiger partial charge < -0.3 is 9.67 Å². The maximum atomic E-state index is 12.0. The molecule has 17 heavy (non-hydrogen) atoms. The van der Waals surface area contributed by atoms with Gasteiger partial charge in [-0.3, -0.25) is 0 Å². The van der Waals surface area contributed by atoms with Crippen LogP contribution < -0.4 is 0 Å². The number of aromatic carboxylic acids is 1. The highest BCUT2D eigenvalue weighted by Crippen LogP contribution is 2.17. The Kier molecular flexibility index (Phi) is 3.94. The first kappa shape index (κ1) is 13.7. The number of carboxylic acids is 1. The van der Waals surface area contributed by atoms with Crippen LogP contribution in [-0.4, -0.2) is 42.0 Å². The van der Waals surface area contributed by atoms with Crippen LogP contribution in [0, 0.1) is 0 Å². The summed E-state index contributed by atoms with van der Waals surface area (Å²) >= 11 is 0. The standard InChI is InChI=1S/C10H16N2O4S/c1-4-5-12(3)17(15,16)8-6-9(10(13)14)11(2)7-8/h6-7H,4-5H2,1-3H3,(H,13,14). The molecule has 0 unspecified atom stereocenters. The number of hydrogen-bond acceptors (Lipinski definition) is 3. The number of nitrogens with zero attached hydrogens (tertiary/aromatic N) is 2. The third kappa shape index (κ3) is 2.67. The molecule has 0 amide bonds. The van der Waals surface area contributed by atoms with E-state index in [9.17, 15) is 13.2 Å². The van der Waals surface area contributed by atoms with Crippen molar-refractivity contribution in [3.05, 3.63) is 18.0 Å². The predicted molar refractivity (Wildman–Crippen MR) is 62.5 cm³/mol. The van der Waals surface area contributed by atoms with Crippen molar-refractivity contribution < 1.29 is 18.3 Å². The van der Waals surface area contributed by atoms with E-state index < -0.39 is 16.0 Å². The highest BCUT2D eigenvalue weighted by Gasteiger charge is 2.23. The van der Waals surface area contributed by atoms with Gasteiger partial charge in [0, 0.05) is 26.8 Å². The predicted octanol–water partition coefficient (Wildman–Crippen LogP) is 0.754. The smallest absolute Gasteiger partial charge is 0.352 e. The molecule has 1 aromatic heterocycles. The van der Waals surface area contributed by atoms with E-state index in [1.807, 2.05) is 6.92 Å². The van der Waals surface area contributed by atoms with Crippen LogP contribution in [0.5, 0.6) is 0 Å². The van der Waals surface area contributed by atoms with E-state index in [2.05, 4.69) is 0 Å². The summed E-state index contributed by atoms with van der Waals surface area (Å²) in [7, 11) is -0.606. The molecule has 0 atom stereocenters. The zero-order valence-corrected chi connectivity index (χ0v) is 10.9. The average Bonchev–Trinajstić information content (AvgIpc) is 2.61. The average molecular weight is 260 g/mol. The van der Waals surface area contributed by atoms with Crippen LogP contribution in [0.3, 0.4) is 0 Å². The summed E-state index contributed by atoms with van der Waals surface area (Å²) in [5.41, 5.74) is -0.0477. The molecular weight excluding hydrogens is 244 g/mol. The minimum absolute atomic E-state index is 0.00773. The van der Waals surface area contributed by atoms with Crippen LogP contribution in [0.2, 0.25) is 0 Å². The number of carbonyl (C=O) groups is 1. The number of aromatic nitrogens is 1. The van der Waals surface area contributed by atoms with Gasteiger partial charge in [-0.05, 0) is 12.5 Å². The lowest BCUT2D eigenvalue weighted by atomic mass is 10.4. The molecule has 1 aromatic rings. The fourth-order valence-electron chi connectivity index (χ4n) is 1.50. The molecule has 1 heterocycles. The Morgan fingerprint density at radius 1 is 1.53 bits per heavy atom. The second-order valence-electron chi connectivity index (χ2n) is 3.80. The highest BCUT2D eigenvalue weighted by molar-refractivity contribution is 7.89. The summed E-state index contributed by atoms with van der Waals surface area (Å²) in [6, 6.07) is 1.17. The Balaban J connectivity index is 3.17.